The Morgan fingerprint density at radius 2 is 1.79 bits per heavy atom. The van der Waals surface area contributed by atoms with E-state index in [1.54, 1.807) is 18.2 Å². The fourth-order valence-corrected chi connectivity index (χ4v) is 4.58. The third-order valence-electron chi connectivity index (χ3n) is 7.10. The number of hydrogen-bond acceptors (Lipinski definition) is 10. The Kier molecular flexibility index (Phi) is 8.87. The van der Waals surface area contributed by atoms with Crippen LogP contribution in [0.1, 0.15) is 47.2 Å². The molecule has 2 aromatic heterocycles. The highest BCUT2D eigenvalue weighted by Crippen LogP contribution is 2.39. The SMILES string of the molecule is COc1ccc(-c2cnc(Nc3cnc(C#N)cn3)cc2NCC2(C(C)(C)C)CN(C(=O)OC(C)(C)C)CCO2)cc1. The molecule has 4 rings (SSSR count). The second-order valence-corrected chi connectivity index (χ2v) is 12.2. The predicted molar refractivity (Wildman–Crippen MR) is 161 cm³/mol. The van der Waals surface area contributed by atoms with E-state index in [2.05, 4.69) is 46.4 Å². The number of carbonyl (C=O) groups is 1. The second kappa shape index (κ2) is 12.2. The van der Waals surface area contributed by atoms with Crippen LogP contribution in [0.4, 0.5) is 22.1 Å². The van der Waals surface area contributed by atoms with Crippen molar-refractivity contribution in [2.75, 3.05) is 44.0 Å². The Morgan fingerprint density at radius 1 is 1.07 bits per heavy atom. The van der Waals surface area contributed by atoms with E-state index in [0.29, 0.717) is 37.9 Å². The zero-order chi connectivity index (χ0) is 30.5. The molecule has 1 aromatic carbocycles. The summed E-state index contributed by atoms with van der Waals surface area (Å²) in [6, 6.07) is 11.6. The lowest BCUT2D eigenvalue weighted by atomic mass is 9.75. The van der Waals surface area contributed by atoms with Gasteiger partial charge in [0.1, 0.15) is 34.7 Å². The highest BCUT2D eigenvalue weighted by Gasteiger charge is 2.48. The lowest BCUT2D eigenvalue weighted by Crippen LogP contribution is -2.63. The van der Waals surface area contributed by atoms with Crippen molar-refractivity contribution in [1.82, 2.24) is 19.9 Å². The Labute approximate surface area is 247 Å². The molecule has 11 heteroatoms. The number of anilines is 3. The van der Waals surface area contributed by atoms with Crippen LogP contribution in [0.2, 0.25) is 0 Å². The van der Waals surface area contributed by atoms with Gasteiger partial charge in [-0.05, 0) is 43.9 Å². The first kappa shape index (κ1) is 30.5. The van der Waals surface area contributed by atoms with Crippen LogP contribution in [-0.2, 0) is 9.47 Å². The van der Waals surface area contributed by atoms with Crippen LogP contribution in [0.3, 0.4) is 0 Å². The summed E-state index contributed by atoms with van der Waals surface area (Å²) >= 11 is 0. The number of pyridine rings is 1. The number of morpholine rings is 1. The third-order valence-corrected chi connectivity index (χ3v) is 7.10. The molecule has 1 unspecified atom stereocenters. The topological polar surface area (TPSA) is 135 Å². The summed E-state index contributed by atoms with van der Waals surface area (Å²) in [7, 11) is 1.63. The maximum absolute atomic E-state index is 13.0. The van der Waals surface area contributed by atoms with Crippen molar-refractivity contribution in [2.24, 2.45) is 5.41 Å². The van der Waals surface area contributed by atoms with E-state index in [1.807, 2.05) is 57.2 Å². The van der Waals surface area contributed by atoms with Gasteiger partial charge in [0, 0.05) is 36.6 Å². The van der Waals surface area contributed by atoms with Gasteiger partial charge in [-0.15, -0.1) is 0 Å². The molecule has 0 saturated carbocycles. The molecule has 0 spiro atoms. The van der Waals surface area contributed by atoms with E-state index in [9.17, 15) is 4.79 Å². The van der Waals surface area contributed by atoms with Gasteiger partial charge in [-0.2, -0.15) is 5.26 Å². The number of aromatic nitrogens is 3. The third kappa shape index (κ3) is 7.25. The van der Waals surface area contributed by atoms with Gasteiger partial charge >= 0.3 is 6.09 Å². The summed E-state index contributed by atoms with van der Waals surface area (Å²) in [6.45, 7) is 13.6. The Hall–Kier alpha value is -4.43. The molecule has 222 valence electrons. The van der Waals surface area contributed by atoms with E-state index in [1.165, 1.54) is 12.4 Å². The fraction of sp³-hybridized carbons (Fsp3) is 0.452. The van der Waals surface area contributed by atoms with Crippen molar-refractivity contribution in [1.29, 1.82) is 5.26 Å². The number of nitrogens with zero attached hydrogens (tertiary/aromatic N) is 5. The maximum atomic E-state index is 13.0. The van der Waals surface area contributed by atoms with Crippen molar-refractivity contribution in [3.05, 3.63) is 54.6 Å². The standard InChI is InChI=1S/C31H39N7O4/c1-29(2,3)31(20-38(12-13-41-31)28(39)42-30(4,5)6)19-36-25-14-26(37-27-18-33-22(15-32)16-34-27)35-17-24(25)21-8-10-23(40-7)11-9-21/h8-11,14,16-18H,12-13,19-20H2,1-7H3,(H2,34,35,36,37). The Balaban J connectivity index is 1.65. The van der Waals surface area contributed by atoms with Crippen LogP contribution in [0.5, 0.6) is 5.75 Å². The van der Waals surface area contributed by atoms with Crippen molar-refractivity contribution in [3.63, 3.8) is 0 Å². The zero-order valence-electron chi connectivity index (χ0n) is 25.3. The predicted octanol–water partition coefficient (Wildman–Crippen LogP) is 5.63. The van der Waals surface area contributed by atoms with Gasteiger partial charge in [0.25, 0.3) is 0 Å². The Morgan fingerprint density at radius 3 is 2.38 bits per heavy atom. The number of rotatable bonds is 7. The quantitative estimate of drug-likeness (QED) is 0.366. The molecule has 1 atom stereocenters. The molecule has 0 aliphatic carbocycles. The summed E-state index contributed by atoms with van der Waals surface area (Å²) in [4.78, 5) is 27.7. The van der Waals surface area contributed by atoms with Gasteiger partial charge < -0.3 is 29.7 Å². The first-order chi connectivity index (χ1) is 19.8. The number of ether oxygens (including phenoxy) is 3. The largest absolute Gasteiger partial charge is 0.497 e. The van der Waals surface area contributed by atoms with Gasteiger partial charge in [-0.25, -0.2) is 19.7 Å². The van der Waals surface area contributed by atoms with Gasteiger partial charge in [0.15, 0.2) is 5.69 Å². The van der Waals surface area contributed by atoms with E-state index >= 15 is 0 Å². The number of hydrogen-bond donors (Lipinski definition) is 2. The van der Waals surface area contributed by atoms with Crippen LogP contribution in [0.25, 0.3) is 11.1 Å². The van der Waals surface area contributed by atoms with Crippen molar-refractivity contribution in [2.45, 2.75) is 52.7 Å². The molecule has 1 saturated heterocycles. The summed E-state index contributed by atoms with van der Waals surface area (Å²) in [6.07, 6.45) is 4.32. The second-order valence-electron chi connectivity index (χ2n) is 12.2. The van der Waals surface area contributed by atoms with Crippen LogP contribution < -0.4 is 15.4 Å². The molecule has 42 heavy (non-hydrogen) atoms. The van der Waals surface area contributed by atoms with Crippen LogP contribution in [0, 0.1) is 16.7 Å². The number of nitrogens with one attached hydrogen (secondary N) is 2. The van der Waals surface area contributed by atoms with E-state index in [0.717, 1.165) is 22.6 Å². The average Bonchev–Trinajstić information content (AvgIpc) is 2.95. The average molecular weight is 574 g/mol. The highest BCUT2D eigenvalue weighted by molar-refractivity contribution is 5.80. The summed E-state index contributed by atoms with van der Waals surface area (Å²) in [5.74, 6) is 1.75. The zero-order valence-corrected chi connectivity index (χ0v) is 25.3. The molecular weight excluding hydrogens is 534 g/mol. The maximum Gasteiger partial charge on any atom is 0.410 e. The number of amides is 1. The minimum absolute atomic E-state index is 0.228. The number of benzene rings is 1. The summed E-state index contributed by atoms with van der Waals surface area (Å²) in [5.41, 5.74) is 1.22. The van der Waals surface area contributed by atoms with Gasteiger partial charge in [0.05, 0.1) is 32.7 Å². The van der Waals surface area contributed by atoms with Crippen molar-refractivity contribution in [3.8, 4) is 22.9 Å². The summed E-state index contributed by atoms with van der Waals surface area (Å²) < 4.78 is 17.5. The molecule has 3 aromatic rings. The molecular formula is C31H39N7O4. The van der Waals surface area contributed by atoms with E-state index in [4.69, 9.17) is 19.5 Å². The van der Waals surface area contributed by atoms with Gasteiger partial charge in [0.2, 0.25) is 0 Å². The van der Waals surface area contributed by atoms with E-state index in [-0.39, 0.29) is 17.2 Å². The Bertz CT molecular complexity index is 1420. The van der Waals surface area contributed by atoms with E-state index < -0.39 is 11.2 Å². The van der Waals surface area contributed by atoms with Crippen LogP contribution >= 0.6 is 0 Å². The smallest absolute Gasteiger partial charge is 0.410 e. The van der Waals surface area contributed by atoms with Gasteiger partial charge in [-0.3, -0.25) is 0 Å². The van der Waals surface area contributed by atoms with Crippen molar-refractivity contribution < 1.29 is 19.0 Å². The number of methoxy groups -OCH3 is 1. The lowest BCUT2D eigenvalue weighted by molar-refractivity contribution is -0.153. The summed E-state index contributed by atoms with van der Waals surface area (Å²) in [5, 5.41) is 15.8. The van der Waals surface area contributed by atoms with Crippen molar-refractivity contribution >= 4 is 23.4 Å². The molecule has 3 heterocycles. The number of nitriles is 1. The molecule has 0 radical (unpaired) electrons. The first-order valence-corrected chi connectivity index (χ1v) is 13.8. The first-order valence-electron chi connectivity index (χ1n) is 13.8. The minimum Gasteiger partial charge on any atom is -0.497 e. The molecule has 11 nitrogen and oxygen atoms in total. The van der Waals surface area contributed by atoms with Crippen LogP contribution in [-0.4, -0.2) is 70.5 Å². The van der Waals surface area contributed by atoms with Crippen LogP contribution in [0.15, 0.2) is 48.9 Å². The molecule has 2 N–H and O–H groups in total. The molecule has 1 aliphatic heterocycles. The van der Waals surface area contributed by atoms with Gasteiger partial charge in [-0.1, -0.05) is 32.9 Å². The highest BCUT2D eigenvalue weighted by atomic mass is 16.6. The lowest BCUT2D eigenvalue weighted by Gasteiger charge is -2.50. The molecule has 0 bridgehead atoms. The fourth-order valence-electron chi connectivity index (χ4n) is 4.58. The normalized spacial score (nSPS) is 17.2. The molecule has 1 amide bonds. The molecule has 1 fully saturated rings. The monoisotopic (exact) mass is 573 g/mol. The minimum atomic E-state index is -0.713. The molecule has 1 aliphatic rings. The number of carbonyl (C=O) groups excluding carboxylic acids is 1.